The lowest BCUT2D eigenvalue weighted by Gasteiger charge is -2.36. The predicted molar refractivity (Wildman–Crippen MR) is 109 cm³/mol. The zero-order chi connectivity index (χ0) is 25.5. The molecule has 0 aliphatic carbocycles. The van der Waals surface area contributed by atoms with Crippen LogP contribution in [-0.2, 0) is 11.8 Å². The first-order valence-electron chi connectivity index (χ1n) is 10.6. The Morgan fingerprint density at radius 2 is 2.12 bits per heavy atom. The number of alkyl halides is 2. The first-order valence-corrected chi connectivity index (χ1v) is 9.09. The topological polar surface area (TPSA) is 127 Å². The van der Waals surface area contributed by atoms with Gasteiger partial charge in [0.2, 0.25) is 0 Å². The van der Waals surface area contributed by atoms with Crippen LogP contribution in [0.5, 0.6) is 5.75 Å². The molecular formula is C19H18F2N8O3. The van der Waals surface area contributed by atoms with Crippen LogP contribution in [0.15, 0.2) is 30.6 Å². The number of β-lactam (4-membered cyclic amide) rings is 1. The second-order valence-electron chi connectivity index (χ2n) is 6.77. The summed E-state index contributed by atoms with van der Waals surface area (Å²) in [6.45, 7) is -3.74. The smallest absolute Gasteiger partial charge is 0.342 e. The van der Waals surface area contributed by atoms with Crippen molar-refractivity contribution in [1.82, 2.24) is 30.3 Å². The number of amides is 2. The fraction of sp³-hybridized carbons (Fsp3) is 0.263. The van der Waals surface area contributed by atoms with Gasteiger partial charge in [-0.3, -0.25) is 19.2 Å². The summed E-state index contributed by atoms with van der Waals surface area (Å²) in [5, 5.41) is 16.3. The quantitative estimate of drug-likeness (QED) is 0.543. The van der Waals surface area contributed by atoms with Crippen molar-refractivity contribution in [1.29, 1.82) is 0 Å². The molecule has 166 valence electrons. The van der Waals surface area contributed by atoms with E-state index in [1.165, 1.54) is 18.1 Å². The van der Waals surface area contributed by atoms with Gasteiger partial charge >= 0.3 is 11.8 Å². The van der Waals surface area contributed by atoms with Crippen LogP contribution in [-0.4, -0.2) is 63.3 Å². The molecule has 3 aromatic rings. The van der Waals surface area contributed by atoms with Crippen LogP contribution < -0.4 is 20.3 Å². The summed E-state index contributed by atoms with van der Waals surface area (Å²) >= 11 is 0. The van der Waals surface area contributed by atoms with Crippen LogP contribution >= 0.6 is 0 Å². The number of halogens is 2. The molecule has 4 rings (SSSR count). The largest absolute Gasteiger partial charge is 0.494 e. The van der Waals surface area contributed by atoms with Gasteiger partial charge in [0.15, 0.2) is 23.1 Å². The van der Waals surface area contributed by atoms with Gasteiger partial charge in [-0.25, -0.2) is 4.98 Å². The summed E-state index contributed by atoms with van der Waals surface area (Å²) in [5.41, 5.74) is 0.225. The van der Waals surface area contributed by atoms with E-state index in [-0.39, 0.29) is 17.3 Å². The molecule has 1 aliphatic heterocycles. The molecule has 13 heteroatoms. The number of nitrogens with zero attached hydrogens (tertiary/aromatic N) is 6. The van der Waals surface area contributed by atoms with Crippen LogP contribution in [0.1, 0.15) is 14.6 Å². The number of methoxy groups -OCH3 is 1. The summed E-state index contributed by atoms with van der Waals surface area (Å²) in [6, 6.07) is 6.06. The number of carbonyl (C=O) groups is 2. The minimum absolute atomic E-state index is 0.107. The highest BCUT2D eigenvalue weighted by Crippen LogP contribution is 2.38. The van der Waals surface area contributed by atoms with Crippen molar-refractivity contribution in [3.63, 3.8) is 0 Å². The van der Waals surface area contributed by atoms with Gasteiger partial charge in [-0.2, -0.15) is 13.9 Å². The van der Waals surface area contributed by atoms with Gasteiger partial charge in [0.1, 0.15) is 12.9 Å². The number of aromatic nitrogens is 5. The number of anilines is 3. The standard InChI is InChI=1S/C19H18F2N8O3/c1-22-17(30)14-12(7-13(25-26-14)29-8-19(20,21)18(29)31)24-11-6-4-5-10(15(11)32-3)16-23-9-28(2)27-16/h4-7,9H,8H2,1-3H3,(H,22,30)(H,24,25)/i1D3. The molecule has 0 atom stereocenters. The summed E-state index contributed by atoms with van der Waals surface area (Å²) in [4.78, 5) is 29.2. The lowest BCUT2D eigenvalue weighted by molar-refractivity contribution is -0.152. The van der Waals surface area contributed by atoms with E-state index in [0.29, 0.717) is 22.0 Å². The second kappa shape index (κ2) is 7.83. The fourth-order valence-corrected chi connectivity index (χ4v) is 3.10. The molecule has 0 bridgehead atoms. The van der Waals surface area contributed by atoms with Gasteiger partial charge in [0, 0.05) is 24.2 Å². The number of ether oxygens (including phenoxy) is 1. The van der Waals surface area contributed by atoms with Crippen molar-refractivity contribution >= 4 is 29.0 Å². The lowest BCUT2D eigenvalue weighted by Crippen LogP contribution is -2.62. The highest BCUT2D eigenvalue weighted by Gasteiger charge is 2.55. The van der Waals surface area contributed by atoms with E-state index >= 15 is 0 Å². The molecule has 1 saturated heterocycles. The monoisotopic (exact) mass is 447 g/mol. The molecule has 0 spiro atoms. The number of hydrogen-bond donors (Lipinski definition) is 2. The third kappa shape index (κ3) is 3.57. The molecule has 2 aromatic heterocycles. The maximum absolute atomic E-state index is 13.4. The maximum Gasteiger partial charge on any atom is 0.342 e. The fourth-order valence-electron chi connectivity index (χ4n) is 3.10. The minimum Gasteiger partial charge on any atom is -0.494 e. The average Bonchev–Trinajstić information content (AvgIpc) is 3.22. The van der Waals surface area contributed by atoms with Gasteiger partial charge in [0.05, 0.1) is 24.0 Å². The molecular weight excluding hydrogens is 426 g/mol. The lowest BCUT2D eigenvalue weighted by atomic mass is 10.1. The molecule has 1 aromatic carbocycles. The molecule has 2 N–H and O–H groups in total. The Morgan fingerprint density at radius 3 is 2.75 bits per heavy atom. The van der Waals surface area contributed by atoms with E-state index in [2.05, 4.69) is 25.6 Å². The molecule has 3 heterocycles. The number of benzene rings is 1. The van der Waals surface area contributed by atoms with Crippen molar-refractivity contribution in [3.8, 4) is 17.1 Å². The zero-order valence-electron chi connectivity index (χ0n) is 19.8. The van der Waals surface area contributed by atoms with Crippen molar-refractivity contribution in [3.05, 3.63) is 36.3 Å². The SMILES string of the molecule is [2H]C([2H])([2H])NC(=O)c1nnc(N2CC(F)(F)C2=O)cc1Nc1cccc(-c2ncn(C)n2)c1OC. The number of hydrogen-bond acceptors (Lipinski definition) is 8. The molecule has 2 amide bonds. The molecule has 0 unspecified atom stereocenters. The third-order valence-electron chi connectivity index (χ3n) is 4.63. The number of carbonyl (C=O) groups excluding carboxylic acids is 2. The van der Waals surface area contributed by atoms with Gasteiger partial charge in [-0.15, -0.1) is 10.2 Å². The Kier molecular flexibility index (Phi) is 4.29. The van der Waals surface area contributed by atoms with Gasteiger partial charge < -0.3 is 15.4 Å². The Bertz CT molecular complexity index is 1310. The number of rotatable bonds is 6. The molecule has 0 saturated carbocycles. The average molecular weight is 447 g/mol. The minimum atomic E-state index is -3.53. The summed E-state index contributed by atoms with van der Waals surface area (Å²) < 4.78 is 55.6. The Hall–Kier alpha value is -4.16. The number of nitrogens with one attached hydrogen (secondary N) is 2. The highest BCUT2D eigenvalue weighted by atomic mass is 19.3. The molecule has 0 radical (unpaired) electrons. The van der Waals surface area contributed by atoms with Crippen molar-refractivity contribution in [2.75, 3.05) is 30.8 Å². The van der Waals surface area contributed by atoms with E-state index in [1.807, 2.05) is 0 Å². The first kappa shape index (κ1) is 17.5. The van der Waals surface area contributed by atoms with Gasteiger partial charge in [-0.05, 0) is 12.1 Å². The van der Waals surface area contributed by atoms with Crippen LogP contribution in [0, 0.1) is 0 Å². The Morgan fingerprint density at radius 1 is 1.31 bits per heavy atom. The third-order valence-corrected chi connectivity index (χ3v) is 4.63. The van der Waals surface area contributed by atoms with Crippen molar-refractivity contribution < 1.29 is 27.2 Å². The zero-order valence-corrected chi connectivity index (χ0v) is 16.8. The Labute approximate surface area is 184 Å². The van der Waals surface area contributed by atoms with Crippen LogP contribution in [0.2, 0.25) is 0 Å². The number of aryl methyl sites for hydroxylation is 1. The van der Waals surface area contributed by atoms with Gasteiger partial charge in [-0.1, -0.05) is 6.07 Å². The molecule has 1 aliphatic rings. The summed E-state index contributed by atoms with van der Waals surface area (Å²) in [6.07, 6.45) is 1.49. The predicted octanol–water partition coefficient (Wildman–Crippen LogP) is 1.37. The van der Waals surface area contributed by atoms with E-state index in [4.69, 9.17) is 8.85 Å². The van der Waals surface area contributed by atoms with Crippen LogP contribution in [0.25, 0.3) is 11.4 Å². The normalized spacial score (nSPS) is 16.4. The number of para-hydroxylation sites is 1. The summed E-state index contributed by atoms with van der Waals surface area (Å²) in [7, 11) is 3.08. The van der Waals surface area contributed by atoms with Gasteiger partial charge in [0.25, 0.3) is 5.91 Å². The molecule has 1 fully saturated rings. The molecule has 32 heavy (non-hydrogen) atoms. The van der Waals surface area contributed by atoms with Crippen molar-refractivity contribution in [2.45, 2.75) is 5.92 Å². The first-order chi connectivity index (χ1) is 16.4. The molecule has 11 nitrogen and oxygen atoms in total. The van der Waals surface area contributed by atoms with E-state index < -0.39 is 37.0 Å². The summed E-state index contributed by atoms with van der Waals surface area (Å²) in [5.74, 6) is -5.75. The van der Waals surface area contributed by atoms with Crippen LogP contribution in [0.3, 0.4) is 0 Å². The van der Waals surface area contributed by atoms with E-state index in [0.717, 1.165) is 6.07 Å². The van der Waals surface area contributed by atoms with Crippen LogP contribution in [0.4, 0.5) is 26.0 Å². The second-order valence-corrected chi connectivity index (χ2v) is 6.77. The maximum atomic E-state index is 13.4. The highest BCUT2D eigenvalue weighted by molar-refractivity contribution is 6.05. The van der Waals surface area contributed by atoms with E-state index in [9.17, 15) is 18.4 Å². The van der Waals surface area contributed by atoms with E-state index in [1.54, 1.807) is 30.6 Å². The Balaban J connectivity index is 1.76. The van der Waals surface area contributed by atoms with Crippen molar-refractivity contribution in [2.24, 2.45) is 7.05 Å².